The molecule has 1 aliphatic heterocycles. The normalized spacial score (nSPS) is 20.7. The molecular formula is C30H29FN2O6. The van der Waals surface area contributed by atoms with Crippen molar-refractivity contribution in [3.05, 3.63) is 141 Å². The first-order valence-electron chi connectivity index (χ1n) is 12.7. The van der Waals surface area contributed by atoms with E-state index >= 15 is 0 Å². The molecule has 8 nitrogen and oxygen atoms in total. The molecule has 1 aromatic heterocycles. The summed E-state index contributed by atoms with van der Waals surface area (Å²) in [5, 5.41) is 0. The molecule has 1 N–H and O–H groups in total. The third-order valence-corrected chi connectivity index (χ3v) is 6.45. The van der Waals surface area contributed by atoms with Gasteiger partial charge in [-0.2, -0.15) is 4.39 Å². The number of rotatable bonds is 11. The van der Waals surface area contributed by atoms with Gasteiger partial charge in [0, 0.05) is 0 Å². The van der Waals surface area contributed by atoms with E-state index in [2.05, 4.69) is 0 Å². The fourth-order valence-corrected chi connectivity index (χ4v) is 4.50. The fourth-order valence-electron chi connectivity index (χ4n) is 4.50. The van der Waals surface area contributed by atoms with Gasteiger partial charge in [-0.15, -0.1) is 0 Å². The van der Waals surface area contributed by atoms with E-state index in [-0.39, 0.29) is 19.8 Å². The van der Waals surface area contributed by atoms with Crippen molar-refractivity contribution in [2.45, 2.75) is 44.4 Å². The molecule has 39 heavy (non-hydrogen) atoms. The number of hydrogen-bond donors (Lipinski definition) is 1. The van der Waals surface area contributed by atoms with Crippen LogP contribution in [0.1, 0.15) is 22.9 Å². The lowest BCUT2D eigenvalue weighted by atomic mass is 10.1. The number of aromatic amines is 1. The Balaban J connectivity index is 1.43. The number of benzene rings is 3. The lowest BCUT2D eigenvalue weighted by Crippen LogP contribution is -2.41. The Morgan fingerprint density at radius 1 is 0.744 bits per heavy atom. The summed E-state index contributed by atoms with van der Waals surface area (Å²) in [6.45, 7) is 0.946. The predicted octanol–water partition coefficient (Wildman–Crippen LogP) is 3.96. The van der Waals surface area contributed by atoms with Crippen molar-refractivity contribution >= 4 is 0 Å². The zero-order chi connectivity index (χ0) is 27.0. The molecule has 0 radical (unpaired) electrons. The smallest absolute Gasteiger partial charge is 0.330 e. The second kappa shape index (κ2) is 12.8. The molecule has 1 fully saturated rings. The van der Waals surface area contributed by atoms with Crippen LogP contribution in [0.2, 0.25) is 0 Å². The Morgan fingerprint density at radius 2 is 1.26 bits per heavy atom. The van der Waals surface area contributed by atoms with Gasteiger partial charge < -0.3 is 18.9 Å². The number of H-pyrrole nitrogens is 1. The van der Waals surface area contributed by atoms with Crippen molar-refractivity contribution in [2.75, 3.05) is 6.61 Å². The van der Waals surface area contributed by atoms with E-state index in [1.54, 1.807) is 0 Å². The number of nitrogens with zero attached hydrogens (tertiary/aromatic N) is 1. The average molecular weight is 533 g/mol. The van der Waals surface area contributed by atoms with Crippen molar-refractivity contribution in [3.8, 4) is 0 Å². The number of halogens is 1. The van der Waals surface area contributed by atoms with Gasteiger partial charge in [0.15, 0.2) is 6.23 Å². The highest BCUT2D eigenvalue weighted by molar-refractivity contribution is 5.15. The second-order valence-corrected chi connectivity index (χ2v) is 9.23. The summed E-state index contributed by atoms with van der Waals surface area (Å²) in [5.74, 6) is -1.11. The lowest BCUT2D eigenvalue weighted by Gasteiger charge is -2.25. The van der Waals surface area contributed by atoms with Gasteiger partial charge in [0.2, 0.25) is 5.82 Å². The van der Waals surface area contributed by atoms with Crippen molar-refractivity contribution in [1.29, 1.82) is 0 Å². The zero-order valence-electron chi connectivity index (χ0n) is 21.2. The van der Waals surface area contributed by atoms with Crippen LogP contribution in [0.4, 0.5) is 4.39 Å². The number of ether oxygens (including phenoxy) is 4. The Morgan fingerprint density at radius 3 is 1.82 bits per heavy atom. The Kier molecular flexibility index (Phi) is 8.75. The van der Waals surface area contributed by atoms with Gasteiger partial charge in [0.25, 0.3) is 5.56 Å². The molecule has 0 bridgehead atoms. The van der Waals surface area contributed by atoms with Crippen molar-refractivity contribution in [1.82, 2.24) is 9.55 Å². The first-order valence-corrected chi connectivity index (χ1v) is 12.7. The summed E-state index contributed by atoms with van der Waals surface area (Å²) in [7, 11) is 0. The molecule has 9 heteroatoms. The van der Waals surface area contributed by atoms with Crippen LogP contribution in [-0.2, 0) is 38.8 Å². The highest BCUT2D eigenvalue weighted by Gasteiger charge is 2.48. The SMILES string of the molecule is O=c1[nH]c(=O)n(C2O[C@H](COCc3ccccc3)[C@@H](OCc3ccccc3)[C@H]2OCc2ccccc2)cc1F. The predicted molar refractivity (Wildman–Crippen MR) is 141 cm³/mol. The molecule has 0 spiro atoms. The van der Waals surface area contributed by atoms with Crippen LogP contribution in [0.15, 0.2) is 107 Å². The number of hydrogen-bond acceptors (Lipinski definition) is 6. The monoisotopic (exact) mass is 532 g/mol. The molecule has 1 saturated heterocycles. The van der Waals surface area contributed by atoms with E-state index < -0.39 is 41.6 Å². The number of aromatic nitrogens is 2. The second-order valence-electron chi connectivity index (χ2n) is 9.23. The summed E-state index contributed by atoms with van der Waals surface area (Å²) in [6, 6.07) is 28.8. The van der Waals surface area contributed by atoms with Gasteiger partial charge in [-0.25, -0.2) is 4.79 Å². The molecule has 0 aliphatic carbocycles. The van der Waals surface area contributed by atoms with E-state index in [0.29, 0.717) is 6.61 Å². The van der Waals surface area contributed by atoms with Gasteiger partial charge in [-0.3, -0.25) is 14.3 Å². The Bertz CT molecular complexity index is 1450. The maximum atomic E-state index is 14.3. The highest BCUT2D eigenvalue weighted by atomic mass is 19.1. The molecular weight excluding hydrogens is 503 g/mol. The van der Waals surface area contributed by atoms with Crippen LogP contribution in [0.3, 0.4) is 0 Å². The Hall–Kier alpha value is -3.89. The van der Waals surface area contributed by atoms with Gasteiger partial charge in [-0.1, -0.05) is 91.0 Å². The van der Waals surface area contributed by atoms with E-state index in [1.165, 1.54) is 0 Å². The van der Waals surface area contributed by atoms with E-state index in [0.717, 1.165) is 27.5 Å². The van der Waals surface area contributed by atoms with Crippen LogP contribution in [0.5, 0.6) is 0 Å². The van der Waals surface area contributed by atoms with Crippen LogP contribution in [-0.4, -0.2) is 34.5 Å². The maximum absolute atomic E-state index is 14.3. The van der Waals surface area contributed by atoms with Gasteiger partial charge >= 0.3 is 5.69 Å². The van der Waals surface area contributed by atoms with E-state index in [1.807, 2.05) is 96.0 Å². The summed E-state index contributed by atoms with van der Waals surface area (Å²) in [4.78, 5) is 26.4. The van der Waals surface area contributed by atoms with Crippen LogP contribution in [0.25, 0.3) is 0 Å². The third-order valence-electron chi connectivity index (χ3n) is 6.45. The third kappa shape index (κ3) is 6.76. The Labute approximate surface area is 224 Å². The van der Waals surface area contributed by atoms with Crippen molar-refractivity contribution in [2.24, 2.45) is 0 Å². The van der Waals surface area contributed by atoms with E-state index in [4.69, 9.17) is 18.9 Å². The molecule has 4 atom stereocenters. The minimum Gasteiger partial charge on any atom is -0.374 e. The fraction of sp³-hybridized carbons (Fsp3) is 0.267. The molecule has 5 rings (SSSR count). The molecule has 1 unspecified atom stereocenters. The average Bonchev–Trinajstić information content (AvgIpc) is 3.31. The summed E-state index contributed by atoms with van der Waals surface area (Å²) in [5.41, 5.74) is 0.924. The standard InChI is InChI=1S/C30H29FN2O6/c31-24-16-33(30(35)32-28(24)34)29-27(38-19-23-14-8-3-9-15-23)26(37-18-22-12-6-2-7-13-22)25(39-29)20-36-17-21-10-4-1-5-11-21/h1-16,25-27,29H,17-20H2,(H,32,34,35)/t25-,26-,27-,29?/m1/s1. The molecule has 0 amide bonds. The van der Waals surface area contributed by atoms with Crippen molar-refractivity contribution in [3.63, 3.8) is 0 Å². The molecule has 0 saturated carbocycles. The van der Waals surface area contributed by atoms with Crippen LogP contribution < -0.4 is 11.2 Å². The molecule has 202 valence electrons. The molecule has 3 aromatic carbocycles. The molecule has 4 aromatic rings. The largest absolute Gasteiger partial charge is 0.374 e. The maximum Gasteiger partial charge on any atom is 0.330 e. The first kappa shape index (κ1) is 26.7. The van der Waals surface area contributed by atoms with Gasteiger partial charge in [0.05, 0.1) is 32.6 Å². The minimum absolute atomic E-state index is 0.136. The molecule has 2 heterocycles. The summed E-state index contributed by atoms with van der Waals surface area (Å²) >= 11 is 0. The minimum atomic E-state index is -1.11. The van der Waals surface area contributed by atoms with Crippen molar-refractivity contribution < 1.29 is 23.3 Å². The quantitative estimate of drug-likeness (QED) is 0.315. The summed E-state index contributed by atoms with van der Waals surface area (Å²) < 4.78 is 40.2. The molecule has 1 aliphatic rings. The number of nitrogens with one attached hydrogen (secondary N) is 1. The summed E-state index contributed by atoms with van der Waals surface area (Å²) in [6.07, 6.45) is -2.37. The lowest BCUT2D eigenvalue weighted by molar-refractivity contribution is -0.0922. The van der Waals surface area contributed by atoms with Crippen LogP contribution in [0, 0.1) is 5.82 Å². The van der Waals surface area contributed by atoms with Gasteiger partial charge in [0.1, 0.15) is 18.3 Å². The topological polar surface area (TPSA) is 91.8 Å². The zero-order valence-corrected chi connectivity index (χ0v) is 21.2. The van der Waals surface area contributed by atoms with Gasteiger partial charge in [-0.05, 0) is 16.7 Å². The van der Waals surface area contributed by atoms with E-state index in [9.17, 15) is 14.0 Å². The highest BCUT2D eigenvalue weighted by Crippen LogP contribution is 2.34. The first-order chi connectivity index (χ1) is 19.1. The van der Waals surface area contributed by atoms with Crippen LogP contribution >= 0.6 is 0 Å².